The van der Waals surface area contributed by atoms with E-state index in [1.165, 1.54) is 10.5 Å². The normalized spacial score (nSPS) is 12.6. The van der Waals surface area contributed by atoms with Crippen LogP contribution in [0.3, 0.4) is 0 Å². The highest BCUT2D eigenvalue weighted by atomic mass is 79.9. The quantitative estimate of drug-likeness (QED) is 0.739. The molecule has 1 heterocycles. The van der Waals surface area contributed by atoms with Crippen LogP contribution in [0, 0.1) is 0 Å². The Morgan fingerprint density at radius 2 is 2.10 bits per heavy atom. The lowest BCUT2D eigenvalue weighted by Gasteiger charge is -2.12. The monoisotopic (exact) mass is 389 g/mol. The summed E-state index contributed by atoms with van der Waals surface area (Å²) in [6.45, 7) is 2.12. The summed E-state index contributed by atoms with van der Waals surface area (Å²) in [7, 11) is 0. The Kier molecular flexibility index (Phi) is 6.35. The number of nitrogens with zero attached hydrogens (tertiary/aromatic N) is 2. The molecule has 0 aliphatic heterocycles. The largest absolute Gasteiger partial charge is 0.327 e. The van der Waals surface area contributed by atoms with Crippen molar-refractivity contribution in [2.75, 3.05) is 6.26 Å². The highest BCUT2D eigenvalue weighted by Gasteiger charge is 2.12. The molecule has 1 atom stereocenters. The number of benzene rings is 1. The van der Waals surface area contributed by atoms with Crippen molar-refractivity contribution in [1.82, 2.24) is 10.2 Å². The fraction of sp³-hybridized carbons (Fsp3) is 0.385. The van der Waals surface area contributed by atoms with E-state index in [0.717, 1.165) is 26.0 Å². The Labute approximate surface area is 140 Å². The molecule has 0 aliphatic rings. The van der Waals surface area contributed by atoms with E-state index in [9.17, 15) is 0 Å². The number of hydrogen-bond acceptors (Lipinski definition) is 6. The van der Waals surface area contributed by atoms with Gasteiger partial charge in [0, 0.05) is 15.4 Å². The first kappa shape index (κ1) is 16.3. The van der Waals surface area contributed by atoms with Crippen LogP contribution in [0.4, 0.5) is 0 Å². The van der Waals surface area contributed by atoms with Gasteiger partial charge in [-0.2, -0.15) is 0 Å². The third-order valence-electron chi connectivity index (χ3n) is 2.80. The molecule has 1 aromatic heterocycles. The van der Waals surface area contributed by atoms with Gasteiger partial charge < -0.3 is 5.73 Å². The van der Waals surface area contributed by atoms with Gasteiger partial charge in [-0.05, 0) is 36.8 Å². The highest BCUT2D eigenvalue weighted by molar-refractivity contribution is 9.10. The maximum Gasteiger partial charge on any atom is 0.179 e. The topological polar surface area (TPSA) is 51.8 Å². The lowest BCUT2D eigenvalue weighted by molar-refractivity contribution is 0.641. The summed E-state index contributed by atoms with van der Waals surface area (Å²) in [6, 6.07) is 6.53. The zero-order valence-electron chi connectivity index (χ0n) is 11.3. The molecule has 0 fully saturated rings. The lowest BCUT2D eigenvalue weighted by atomic mass is 10.1. The van der Waals surface area contributed by atoms with Gasteiger partial charge in [-0.1, -0.05) is 63.8 Å². The van der Waals surface area contributed by atoms with E-state index in [1.54, 1.807) is 34.9 Å². The first-order chi connectivity index (χ1) is 9.62. The molecule has 7 heteroatoms. The minimum absolute atomic E-state index is 0.201. The number of nitrogens with two attached hydrogens (primary N) is 1. The zero-order valence-corrected chi connectivity index (χ0v) is 15.3. The van der Waals surface area contributed by atoms with Gasteiger partial charge >= 0.3 is 0 Å². The summed E-state index contributed by atoms with van der Waals surface area (Å²) in [6.07, 6.45) is 3.88. The van der Waals surface area contributed by atoms with Crippen molar-refractivity contribution < 1.29 is 0 Å². The number of aromatic nitrogens is 2. The molecule has 2 rings (SSSR count). The lowest BCUT2D eigenvalue weighted by Crippen LogP contribution is -2.21. The zero-order chi connectivity index (χ0) is 14.5. The van der Waals surface area contributed by atoms with E-state index in [1.807, 2.05) is 6.26 Å². The van der Waals surface area contributed by atoms with Crippen LogP contribution in [0.25, 0.3) is 0 Å². The van der Waals surface area contributed by atoms with Crippen LogP contribution in [0.2, 0.25) is 0 Å². The predicted octanol–water partition coefficient (Wildman–Crippen LogP) is 4.45. The second-order valence-electron chi connectivity index (χ2n) is 4.26. The van der Waals surface area contributed by atoms with Crippen molar-refractivity contribution in [3.63, 3.8) is 0 Å². The SMILES string of the molecule is CCC(N)Cc1ccc(Br)cc1Sc1nnc(SC)s1. The predicted molar refractivity (Wildman–Crippen MR) is 91.9 cm³/mol. The van der Waals surface area contributed by atoms with Crippen LogP contribution in [0.5, 0.6) is 0 Å². The summed E-state index contributed by atoms with van der Waals surface area (Å²) in [5.41, 5.74) is 7.35. The van der Waals surface area contributed by atoms with Crippen LogP contribution in [0.1, 0.15) is 18.9 Å². The second-order valence-corrected chi connectivity index (χ2v) is 8.50. The molecule has 108 valence electrons. The molecule has 0 bridgehead atoms. The van der Waals surface area contributed by atoms with Gasteiger partial charge in [0.1, 0.15) is 0 Å². The van der Waals surface area contributed by atoms with Gasteiger partial charge in [0.15, 0.2) is 8.68 Å². The van der Waals surface area contributed by atoms with Gasteiger partial charge in [-0.25, -0.2) is 0 Å². The van der Waals surface area contributed by atoms with Gasteiger partial charge in [-0.15, -0.1) is 10.2 Å². The minimum Gasteiger partial charge on any atom is -0.327 e. The molecule has 0 saturated heterocycles. The van der Waals surface area contributed by atoms with Crippen LogP contribution in [-0.2, 0) is 6.42 Å². The summed E-state index contributed by atoms with van der Waals surface area (Å²) in [5, 5.41) is 8.35. The number of rotatable bonds is 6. The van der Waals surface area contributed by atoms with Gasteiger partial charge in [0.05, 0.1) is 0 Å². The number of hydrogen-bond donors (Lipinski definition) is 1. The van der Waals surface area contributed by atoms with E-state index in [0.29, 0.717) is 0 Å². The molecular formula is C13H16BrN3S3. The maximum atomic E-state index is 6.08. The van der Waals surface area contributed by atoms with Crippen LogP contribution in [-0.4, -0.2) is 22.5 Å². The van der Waals surface area contributed by atoms with Gasteiger partial charge in [-0.3, -0.25) is 0 Å². The second kappa shape index (κ2) is 7.79. The van der Waals surface area contributed by atoms with E-state index in [2.05, 4.69) is 51.3 Å². The maximum absolute atomic E-state index is 6.08. The first-order valence-electron chi connectivity index (χ1n) is 6.21. The average Bonchev–Trinajstić information content (AvgIpc) is 2.89. The van der Waals surface area contributed by atoms with Crippen LogP contribution >= 0.6 is 50.8 Å². The average molecular weight is 390 g/mol. The Morgan fingerprint density at radius 1 is 1.35 bits per heavy atom. The summed E-state index contributed by atoms with van der Waals surface area (Å²) in [5.74, 6) is 0. The van der Waals surface area contributed by atoms with Crippen LogP contribution in [0.15, 0.2) is 36.2 Å². The Hall–Kier alpha value is -0.0800. The van der Waals surface area contributed by atoms with Crippen molar-refractivity contribution in [2.45, 2.75) is 39.4 Å². The van der Waals surface area contributed by atoms with E-state index in [-0.39, 0.29) is 6.04 Å². The van der Waals surface area contributed by atoms with E-state index in [4.69, 9.17) is 5.73 Å². The number of halogens is 1. The highest BCUT2D eigenvalue weighted by Crippen LogP contribution is 2.36. The Balaban J connectivity index is 2.22. The van der Waals surface area contributed by atoms with Crippen LogP contribution < -0.4 is 5.73 Å². The van der Waals surface area contributed by atoms with E-state index < -0.39 is 0 Å². The molecule has 0 saturated carbocycles. The van der Waals surface area contributed by atoms with Crippen molar-refractivity contribution in [3.8, 4) is 0 Å². The molecule has 1 unspecified atom stereocenters. The van der Waals surface area contributed by atoms with Crippen molar-refractivity contribution in [2.24, 2.45) is 5.73 Å². The third-order valence-corrected chi connectivity index (χ3v) is 6.34. The fourth-order valence-corrected chi connectivity index (χ4v) is 4.72. The molecule has 2 aromatic rings. The molecule has 3 nitrogen and oxygen atoms in total. The standard InChI is InChI=1S/C13H16BrN3S3/c1-3-10(15)6-8-4-5-9(14)7-11(8)19-13-17-16-12(18-2)20-13/h4-5,7,10H,3,6,15H2,1-2H3. The molecule has 0 radical (unpaired) electrons. The molecule has 0 spiro atoms. The van der Waals surface area contributed by atoms with Crippen molar-refractivity contribution in [1.29, 1.82) is 0 Å². The third kappa shape index (κ3) is 4.46. The summed E-state index contributed by atoms with van der Waals surface area (Å²) in [4.78, 5) is 1.20. The molecule has 0 aliphatic carbocycles. The molecule has 0 amide bonds. The number of thioether (sulfide) groups is 1. The molecular weight excluding hydrogens is 374 g/mol. The van der Waals surface area contributed by atoms with Gasteiger partial charge in [0.2, 0.25) is 0 Å². The molecule has 1 aromatic carbocycles. The summed E-state index contributed by atoms with van der Waals surface area (Å²) < 4.78 is 3.04. The molecule has 2 N–H and O–H groups in total. The Morgan fingerprint density at radius 3 is 2.75 bits per heavy atom. The van der Waals surface area contributed by atoms with E-state index >= 15 is 0 Å². The van der Waals surface area contributed by atoms with Gasteiger partial charge in [0.25, 0.3) is 0 Å². The first-order valence-corrected chi connectivity index (χ1v) is 9.86. The fourth-order valence-electron chi connectivity index (χ4n) is 1.63. The molecule has 20 heavy (non-hydrogen) atoms. The van der Waals surface area contributed by atoms with Crippen molar-refractivity contribution in [3.05, 3.63) is 28.2 Å². The minimum atomic E-state index is 0.201. The Bertz CT molecular complexity index is 574. The summed E-state index contributed by atoms with van der Waals surface area (Å²) >= 11 is 8.44. The smallest absolute Gasteiger partial charge is 0.179 e. The van der Waals surface area contributed by atoms with Crippen molar-refractivity contribution >= 4 is 50.8 Å².